The number of halogens is 3. The summed E-state index contributed by atoms with van der Waals surface area (Å²) in [6, 6.07) is 11.7. The molecule has 3 aromatic rings. The van der Waals surface area contributed by atoms with Gasteiger partial charge in [-0.1, -0.05) is 30.3 Å². The maximum Gasteiger partial charge on any atom is 0.416 e. The van der Waals surface area contributed by atoms with Gasteiger partial charge < -0.3 is 4.98 Å². The van der Waals surface area contributed by atoms with E-state index in [-0.39, 0.29) is 17.4 Å². The van der Waals surface area contributed by atoms with E-state index in [9.17, 15) is 21.6 Å². The third-order valence-electron chi connectivity index (χ3n) is 3.56. The molecule has 0 radical (unpaired) electrons. The quantitative estimate of drug-likeness (QED) is 0.751. The zero-order valence-electron chi connectivity index (χ0n) is 12.3. The molecule has 0 fully saturated rings. The van der Waals surface area contributed by atoms with Gasteiger partial charge in [0.2, 0.25) is 10.0 Å². The lowest BCUT2D eigenvalue weighted by atomic mass is 10.1. The summed E-state index contributed by atoms with van der Waals surface area (Å²) >= 11 is 0. The SMILES string of the molecule is O=S(=O)(NCc1ccccc1)c1cc(C(F)(F)F)cc2[nH]ccc12. The van der Waals surface area contributed by atoms with Crippen LogP contribution in [0.3, 0.4) is 0 Å². The van der Waals surface area contributed by atoms with Gasteiger partial charge in [-0.3, -0.25) is 0 Å². The average Bonchev–Trinajstić information content (AvgIpc) is 3.00. The number of fused-ring (bicyclic) bond motifs is 1. The van der Waals surface area contributed by atoms with Crippen molar-refractivity contribution < 1.29 is 21.6 Å². The van der Waals surface area contributed by atoms with E-state index in [4.69, 9.17) is 0 Å². The van der Waals surface area contributed by atoms with Gasteiger partial charge in [0.25, 0.3) is 0 Å². The molecule has 8 heteroatoms. The maximum absolute atomic E-state index is 13.0. The van der Waals surface area contributed by atoms with Gasteiger partial charge in [0.05, 0.1) is 10.5 Å². The lowest BCUT2D eigenvalue weighted by Crippen LogP contribution is -2.24. The Morgan fingerprint density at radius 3 is 2.42 bits per heavy atom. The molecule has 0 spiro atoms. The van der Waals surface area contributed by atoms with Crippen LogP contribution in [0.2, 0.25) is 0 Å². The van der Waals surface area contributed by atoms with Crippen molar-refractivity contribution in [2.45, 2.75) is 17.6 Å². The van der Waals surface area contributed by atoms with Crippen molar-refractivity contribution in [1.29, 1.82) is 0 Å². The first-order valence-electron chi connectivity index (χ1n) is 6.99. The summed E-state index contributed by atoms with van der Waals surface area (Å²) in [4.78, 5) is 2.23. The Hall–Kier alpha value is -2.32. The molecule has 126 valence electrons. The normalized spacial score (nSPS) is 12.6. The number of aromatic nitrogens is 1. The molecule has 2 N–H and O–H groups in total. The minimum Gasteiger partial charge on any atom is -0.361 e. The first-order chi connectivity index (χ1) is 11.3. The number of aromatic amines is 1. The first-order valence-corrected chi connectivity index (χ1v) is 8.47. The first kappa shape index (κ1) is 16.5. The Balaban J connectivity index is 2.02. The predicted octanol–water partition coefficient (Wildman–Crippen LogP) is 3.67. The van der Waals surface area contributed by atoms with Crippen LogP contribution < -0.4 is 4.72 Å². The molecule has 2 aromatic carbocycles. The summed E-state index contributed by atoms with van der Waals surface area (Å²) in [6.07, 6.45) is -3.23. The van der Waals surface area contributed by atoms with E-state index in [0.717, 1.165) is 6.07 Å². The van der Waals surface area contributed by atoms with E-state index >= 15 is 0 Å². The molecule has 0 aliphatic carbocycles. The van der Waals surface area contributed by atoms with Crippen LogP contribution in [0, 0.1) is 0 Å². The van der Waals surface area contributed by atoms with Crippen LogP contribution in [0.5, 0.6) is 0 Å². The highest BCUT2D eigenvalue weighted by Crippen LogP contribution is 2.34. The van der Waals surface area contributed by atoms with Crippen LogP contribution in [-0.2, 0) is 22.7 Å². The van der Waals surface area contributed by atoms with E-state index in [1.807, 2.05) is 0 Å². The van der Waals surface area contributed by atoms with Crippen molar-refractivity contribution in [3.63, 3.8) is 0 Å². The molecular formula is C16H13F3N2O2S. The van der Waals surface area contributed by atoms with Crippen molar-refractivity contribution in [3.8, 4) is 0 Å². The molecule has 1 aromatic heterocycles. The van der Waals surface area contributed by atoms with Crippen LogP contribution in [0.4, 0.5) is 13.2 Å². The zero-order valence-corrected chi connectivity index (χ0v) is 13.1. The largest absolute Gasteiger partial charge is 0.416 e. The summed E-state index contributed by atoms with van der Waals surface area (Å²) in [5, 5.41) is 0.212. The van der Waals surface area contributed by atoms with E-state index < -0.39 is 26.7 Å². The topological polar surface area (TPSA) is 62.0 Å². The third kappa shape index (κ3) is 3.29. The minimum absolute atomic E-state index is 0.00860. The van der Waals surface area contributed by atoms with Gasteiger partial charge in [-0.15, -0.1) is 0 Å². The second-order valence-electron chi connectivity index (χ2n) is 5.22. The molecule has 3 rings (SSSR count). The molecule has 0 saturated heterocycles. The highest BCUT2D eigenvalue weighted by atomic mass is 32.2. The molecule has 0 atom stereocenters. The summed E-state index contributed by atoms with van der Waals surface area (Å²) in [5.74, 6) is 0. The van der Waals surface area contributed by atoms with E-state index in [1.165, 1.54) is 12.3 Å². The zero-order chi connectivity index (χ0) is 17.4. The van der Waals surface area contributed by atoms with Crippen LogP contribution in [0.15, 0.2) is 59.6 Å². The van der Waals surface area contributed by atoms with Crippen molar-refractivity contribution >= 4 is 20.9 Å². The van der Waals surface area contributed by atoms with E-state index in [2.05, 4.69) is 9.71 Å². The summed E-state index contributed by atoms with van der Waals surface area (Å²) < 4.78 is 66.4. The van der Waals surface area contributed by atoms with Crippen LogP contribution in [0.25, 0.3) is 10.9 Å². The average molecular weight is 354 g/mol. The smallest absolute Gasteiger partial charge is 0.361 e. The fourth-order valence-corrected chi connectivity index (χ4v) is 3.63. The van der Waals surface area contributed by atoms with Crippen molar-refractivity contribution in [2.24, 2.45) is 0 Å². The summed E-state index contributed by atoms with van der Waals surface area (Å²) in [6.45, 7) is -0.00860. The predicted molar refractivity (Wildman–Crippen MR) is 83.8 cm³/mol. The van der Waals surface area contributed by atoms with Gasteiger partial charge in [0, 0.05) is 23.6 Å². The van der Waals surface area contributed by atoms with Crippen LogP contribution in [-0.4, -0.2) is 13.4 Å². The number of hydrogen-bond donors (Lipinski definition) is 2. The second-order valence-corrected chi connectivity index (χ2v) is 6.96. The van der Waals surface area contributed by atoms with Gasteiger partial charge in [-0.05, 0) is 23.8 Å². The Labute approximate surface area is 136 Å². The molecule has 1 heterocycles. The second kappa shape index (κ2) is 5.95. The molecule has 24 heavy (non-hydrogen) atoms. The monoisotopic (exact) mass is 354 g/mol. The van der Waals surface area contributed by atoms with Crippen LogP contribution in [0.1, 0.15) is 11.1 Å². The van der Waals surface area contributed by atoms with E-state index in [0.29, 0.717) is 11.6 Å². The van der Waals surface area contributed by atoms with E-state index in [1.54, 1.807) is 30.3 Å². The van der Waals surface area contributed by atoms with Crippen LogP contribution >= 0.6 is 0 Å². The fourth-order valence-electron chi connectivity index (χ4n) is 2.37. The molecule has 0 aliphatic heterocycles. The summed E-state index contributed by atoms with van der Waals surface area (Å²) in [7, 11) is -4.11. The standard InChI is InChI=1S/C16H13F3N2O2S/c17-16(18,19)12-8-14-13(6-7-20-14)15(9-12)24(22,23)21-10-11-4-2-1-3-5-11/h1-9,20-21H,10H2. The number of hydrogen-bond acceptors (Lipinski definition) is 2. The molecule has 0 saturated carbocycles. The fraction of sp³-hybridized carbons (Fsp3) is 0.125. The Bertz CT molecular complexity index is 964. The highest BCUT2D eigenvalue weighted by molar-refractivity contribution is 7.89. The maximum atomic E-state index is 13.0. The number of rotatable bonds is 4. The van der Waals surface area contributed by atoms with Gasteiger partial charge in [0.15, 0.2) is 0 Å². The third-order valence-corrected chi connectivity index (χ3v) is 5.00. The number of H-pyrrole nitrogens is 1. The van der Waals surface area contributed by atoms with Crippen molar-refractivity contribution in [1.82, 2.24) is 9.71 Å². The summed E-state index contributed by atoms with van der Waals surface area (Å²) in [5.41, 5.74) is -0.194. The number of alkyl halides is 3. The molecular weight excluding hydrogens is 341 g/mol. The van der Waals surface area contributed by atoms with Crippen molar-refractivity contribution in [3.05, 3.63) is 65.9 Å². The Morgan fingerprint density at radius 1 is 1.04 bits per heavy atom. The number of nitrogens with one attached hydrogen (secondary N) is 2. The van der Waals surface area contributed by atoms with Crippen molar-refractivity contribution in [2.75, 3.05) is 0 Å². The van der Waals surface area contributed by atoms with Gasteiger partial charge in [-0.25, -0.2) is 13.1 Å². The molecule has 0 amide bonds. The Kier molecular flexibility index (Phi) is 4.10. The Morgan fingerprint density at radius 2 is 1.75 bits per heavy atom. The minimum atomic E-state index is -4.64. The van der Waals surface area contributed by atoms with Gasteiger partial charge in [0.1, 0.15) is 0 Å². The lowest BCUT2D eigenvalue weighted by molar-refractivity contribution is -0.137. The molecule has 0 aliphatic rings. The number of benzene rings is 2. The lowest BCUT2D eigenvalue weighted by Gasteiger charge is -2.12. The van der Waals surface area contributed by atoms with Gasteiger partial charge >= 0.3 is 6.18 Å². The molecule has 0 bridgehead atoms. The number of sulfonamides is 1. The highest BCUT2D eigenvalue weighted by Gasteiger charge is 2.33. The molecule has 4 nitrogen and oxygen atoms in total. The molecule has 0 unspecified atom stereocenters. The van der Waals surface area contributed by atoms with Gasteiger partial charge in [-0.2, -0.15) is 13.2 Å².